The molecular formula is C21H20ClF3N4O. The van der Waals surface area contributed by atoms with Crippen LogP contribution < -0.4 is 15.4 Å². The topological polar surface area (TPSA) is 59.1 Å². The highest BCUT2D eigenvalue weighted by Crippen LogP contribution is 2.35. The Balaban J connectivity index is 1.82. The van der Waals surface area contributed by atoms with E-state index >= 15 is 0 Å². The zero-order valence-corrected chi connectivity index (χ0v) is 17.1. The third-order valence-electron chi connectivity index (χ3n) is 3.89. The van der Waals surface area contributed by atoms with Crippen LogP contribution in [0.3, 0.4) is 0 Å². The van der Waals surface area contributed by atoms with Crippen LogP contribution >= 0.6 is 11.6 Å². The van der Waals surface area contributed by atoms with Crippen molar-refractivity contribution in [2.75, 3.05) is 17.2 Å². The van der Waals surface area contributed by atoms with Crippen LogP contribution in [-0.4, -0.2) is 16.6 Å². The molecule has 3 aromatic rings. The van der Waals surface area contributed by atoms with Crippen LogP contribution in [0.1, 0.15) is 19.4 Å². The molecule has 3 rings (SSSR count). The normalized spacial score (nSPS) is 11.4. The molecule has 0 aliphatic heterocycles. The summed E-state index contributed by atoms with van der Waals surface area (Å²) in [5, 5.41) is 6.12. The highest BCUT2D eigenvalue weighted by Gasteiger charge is 2.35. The van der Waals surface area contributed by atoms with Gasteiger partial charge in [-0.1, -0.05) is 25.4 Å². The highest BCUT2D eigenvalue weighted by molar-refractivity contribution is 6.30. The molecule has 2 aromatic carbocycles. The second-order valence-corrected chi connectivity index (χ2v) is 7.38. The summed E-state index contributed by atoms with van der Waals surface area (Å²) in [6.07, 6.45) is -3.87. The number of nitrogens with one attached hydrogen (secondary N) is 2. The van der Waals surface area contributed by atoms with Crippen molar-refractivity contribution in [3.63, 3.8) is 0 Å². The molecule has 0 spiro atoms. The minimum atomic E-state index is -4.61. The second-order valence-electron chi connectivity index (χ2n) is 6.94. The van der Waals surface area contributed by atoms with Crippen molar-refractivity contribution in [3.05, 3.63) is 65.3 Å². The molecule has 0 amide bonds. The quantitative estimate of drug-likeness (QED) is 0.433. The van der Waals surface area contributed by atoms with Crippen molar-refractivity contribution in [1.29, 1.82) is 0 Å². The maximum Gasteiger partial charge on any atom is 0.421 e. The van der Waals surface area contributed by atoms with Crippen LogP contribution in [0.4, 0.5) is 36.3 Å². The van der Waals surface area contributed by atoms with Gasteiger partial charge in [0.2, 0.25) is 5.95 Å². The molecular weight excluding hydrogens is 417 g/mol. The van der Waals surface area contributed by atoms with Gasteiger partial charge in [-0.05, 0) is 54.4 Å². The Bertz CT molecular complexity index is 977. The van der Waals surface area contributed by atoms with Gasteiger partial charge in [0.1, 0.15) is 17.1 Å². The first-order valence-electron chi connectivity index (χ1n) is 9.17. The maximum absolute atomic E-state index is 13.4. The SMILES string of the molecule is CC(C)COc1ccc(Nc2nc(Nc3ccc(Cl)cc3)ncc2C(F)(F)F)cc1. The first kappa shape index (κ1) is 21.7. The van der Waals surface area contributed by atoms with E-state index in [2.05, 4.69) is 20.6 Å². The summed E-state index contributed by atoms with van der Waals surface area (Å²) in [6.45, 7) is 4.61. The maximum atomic E-state index is 13.4. The predicted molar refractivity (Wildman–Crippen MR) is 112 cm³/mol. The lowest BCUT2D eigenvalue weighted by Gasteiger charge is -2.15. The van der Waals surface area contributed by atoms with Gasteiger partial charge in [-0.15, -0.1) is 0 Å². The highest BCUT2D eigenvalue weighted by atomic mass is 35.5. The second kappa shape index (κ2) is 9.21. The van der Waals surface area contributed by atoms with Crippen LogP contribution in [-0.2, 0) is 6.18 Å². The van der Waals surface area contributed by atoms with Gasteiger partial charge in [-0.25, -0.2) is 4.98 Å². The lowest BCUT2D eigenvalue weighted by Crippen LogP contribution is -2.12. The number of aromatic nitrogens is 2. The molecule has 30 heavy (non-hydrogen) atoms. The molecule has 0 radical (unpaired) electrons. The van der Waals surface area contributed by atoms with E-state index < -0.39 is 11.7 Å². The smallest absolute Gasteiger partial charge is 0.421 e. The lowest BCUT2D eigenvalue weighted by atomic mass is 10.2. The summed E-state index contributed by atoms with van der Waals surface area (Å²) in [6, 6.07) is 13.3. The molecule has 0 atom stereocenters. The van der Waals surface area contributed by atoms with Crippen molar-refractivity contribution in [2.24, 2.45) is 5.92 Å². The van der Waals surface area contributed by atoms with Crippen LogP contribution in [0.15, 0.2) is 54.7 Å². The number of nitrogens with zero attached hydrogens (tertiary/aromatic N) is 2. The molecule has 1 heterocycles. The van der Waals surface area contributed by atoms with Gasteiger partial charge in [0, 0.05) is 22.6 Å². The molecule has 0 unspecified atom stereocenters. The van der Waals surface area contributed by atoms with Gasteiger partial charge < -0.3 is 15.4 Å². The fraction of sp³-hybridized carbons (Fsp3) is 0.238. The summed E-state index contributed by atoms with van der Waals surface area (Å²) >= 11 is 5.84. The van der Waals surface area contributed by atoms with E-state index in [9.17, 15) is 13.2 Å². The van der Waals surface area contributed by atoms with E-state index in [0.29, 0.717) is 34.7 Å². The van der Waals surface area contributed by atoms with E-state index in [1.165, 1.54) is 0 Å². The van der Waals surface area contributed by atoms with Crippen molar-refractivity contribution in [3.8, 4) is 5.75 Å². The van der Waals surface area contributed by atoms with Crippen LogP contribution in [0.25, 0.3) is 0 Å². The molecule has 0 saturated carbocycles. The Morgan fingerprint density at radius 2 is 1.57 bits per heavy atom. The molecule has 0 bridgehead atoms. The predicted octanol–water partition coefficient (Wildman–Crippen LogP) is 6.67. The zero-order valence-electron chi connectivity index (χ0n) is 16.3. The van der Waals surface area contributed by atoms with Crippen LogP contribution in [0.2, 0.25) is 5.02 Å². The lowest BCUT2D eigenvalue weighted by molar-refractivity contribution is -0.137. The molecule has 1 aromatic heterocycles. The van der Waals surface area contributed by atoms with Gasteiger partial charge in [-0.3, -0.25) is 0 Å². The standard InChI is InChI=1S/C21H20ClF3N4O/c1-13(2)12-30-17-9-7-15(8-10-17)27-19-18(21(23,24)25)11-26-20(29-19)28-16-5-3-14(22)4-6-16/h3-11,13H,12H2,1-2H3,(H2,26,27,28,29). The monoisotopic (exact) mass is 436 g/mol. The summed E-state index contributed by atoms with van der Waals surface area (Å²) in [4.78, 5) is 7.80. The first-order chi connectivity index (χ1) is 14.2. The van der Waals surface area contributed by atoms with E-state index in [1.54, 1.807) is 48.5 Å². The number of halogens is 4. The average Bonchev–Trinajstić information content (AvgIpc) is 2.68. The van der Waals surface area contributed by atoms with Crippen molar-refractivity contribution >= 4 is 34.7 Å². The van der Waals surface area contributed by atoms with Gasteiger partial charge >= 0.3 is 6.18 Å². The fourth-order valence-corrected chi connectivity index (χ4v) is 2.57. The Morgan fingerprint density at radius 3 is 2.17 bits per heavy atom. The third-order valence-corrected chi connectivity index (χ3v) is 4.15. The summed E-state index contributed by atoms with van der Waals surface area (Å²) in [7, 11) is 0. The molecule has 0 aliphatic rings. The summed E-state index contributed by atoms with van der Waals surface area (Å²) in [5.41, 5.74) is 0.0644. The molecule has 0 aliphatic carbocycles. The van der Waals surface area contributed by atoms with Gasteiger partial charge in [-0.2, -0.15) is 18.2 Å². The Labute approximate surface area is 177 Å². The number of ether oxygens (including phenoxy) is 1. The third kappa shape index (κ3) is 6.00. The number of benzene rings is 2. The Hall–Kier alpha value is -3.00. The Kier molecular flexibility index (Phi) is 6.66. The molecule has 158 valence electrons. The van der Waals surface area contributed by atoms with Crippen LogP contribution in [0, 0.1) is 5.92 Å². The number of alkyl halides is 3. The Morgan fingerprint density at radius 1 is 0.967 bits per heavy atom. The average molecular weight is 437 g/mol. The summed E-state index contributed by atoms with van der Waals surface area (Å²) in [5.74, 6) is 0.664. The van der Waals surface area contributed by atoms with E-state index in [4.69, 9.17) is 16.3 Å². The minimum Gasteiger partial charge on any atom is -0.493 e. The van der Waals surface area contributed by atoms with Gasteiger partial charge in [0.25, 0.3) is 0 Å². The number of hydrogen-bond donors (Lipinski definition) is 2. The van der Waals surface area contributed by atoms with Crippen molar-refractivity contribution in [1.82, 2.24) is 9.97 Å². The largest absolute Gasteiger partial charge is 0.493 e. The van der Waals surface area contributed by atoms with Crippen molar-refractivity contribution < 1.29 is 17.9 Å². The van der Waals surface area contributed by atoms with Gasteiger partial charge in [0.05, 0.1) is 6.61 Å². The number of rotatable bonds is 7. The summed E-state index contributed by atoms with van der Waals surface area (Å²) < 4.78 is 45.8. The van der Waals surface area contributed by atoms with E-state index in [0.717, 1.165) is 6.20 Å². The minimum absolute atomic E-state index is 0.0182. The fourth-order valence-electron chi connectivity index (χ4n) is 2.44. The first-order valence-corrected chi connectivity index (χ1v) is 9.55. The molecule has 9 heteroatoms. The molecule has 0 saturated heterocycles. The number of anilines is 4. The van der Waals surface area contributed by atoms with E-state index in [-0.39, 0.29) is 11.8 Å². The number of hydrogen-bond acceptors (Lipinski definition) is 5. The van der Waals surface area contributed by atoms with Crippen molar-refractivity contribution in [2.45, 2.75) is 20.0 Å². The van der Waals surface area contributed by atoms with Crippen LogP contribution in [0.5, 0.6) is 5.75 Å². The van der Waals surface area contributed by atoms with E-state index in [1.807, 2.05) is 13.8 Å². The van der Waals surface area contributed by atoms with Gasteiger partial charge in [0.15, 0.2) is 0 Å². The molecule has 0 fully saturated rings. The molecule has 5 nitrogen and oxygen atoms in total. The molecule has 2 N–H and O–H groups in total. The zero-order chi connectivity index (χ0) is 21.7.